The van der Waals surface area contributed by atoms with Gasteiger partial charge >= 0.3 is 0 Å². The van der Waals surface area contributed by atoms with Gasteiger partial charge < -0.3 is 19.5 Å². The van der Waals surface area contributed by atoms with Crippen molar-refractivity contribution in [3.8, 4) is 11.5 Å². The topological polar surface area (TPSA) is 41.9 Å². The maximum atomic E-state index is 10.1. The number of nitrogens with zero attached hydrogens (tertiary/aromatic N) is 1. The predicted octanol–water partition coefficient (Wildman–Crippen LogP) is 2.10. The van der Waals surface area contributed by atoms with Crippen molar-refractivity contribution < 1.29 is 14.6 Å². The van der Waals surface area contributed by atoms with Crippen molar-refractivity contribution in [3.05, 3.63) is 35.4 Å². The van der Waals surface area contributed by atoms with E-state index in [0.717, 1.165) is 24.6 Å². The molecule has 2 aliphatic heterocycles. The monoisotopic (exact) mass is 301 g/mol. The average molecular weight is 301 g/mol. The second-order valence-corrected chi connectivity index (χ2v) is 6.93. The molecule has 1 N–H and O–H groups in total. The second kappa shape index (κ2) is 4.74. The van der Waals surface area contributed by atoms with E-state index in [-0.39, 0.29) is 11.5 Å². The SMILES string of the molecule is COc1ccc2c3c1O[C@H]1C[C@@H](O)C=C[C@@]31C(C)CN(C)C2. The van der Waals surface area contributed by atoms with Crippen LogP contribution in [0.3, 0.4) is 0 Å². The summed E-state index contributed by atoms with van der Waals surface area (Å²) in [5, 5.41) is 10.1. The minimum absolute atomic E-state index is 0.0148. The number of aliphatic hydroxyl groups excluding tert-OH is 1. The van der Waals surface area contributed by atoms with Crippen LogP contribution in [0, 0.1) is 5.92 Å². The molecular formula is C18H23NO3. The van der Waals surface area contributed by atoms with E-state index in [2.05, 4.69) is 31.0 Å². The van der Waals surface area contributed by atoms with E-state index in [1.807, 2.05) is 12.1 Å². The van der Waals surface area contributed by atoms with Crippen molar-refractivity contribution in [2.75, 3.05) is 20.7 Å². The van der Waals surface area contributed by atoms with E-state index in [9.17, 15) is 5.11 Å². The third-order valence-corrected chi connectivity index (χ3v) is 5.54. The number of methoxy groups -OCH3 is 1. The van der Waals surface area contributed by atoms with Crippen molar-refractivity contribution in [3.63, 3.8) is 0 Å². The lowest BCUT2D eigenvalue weighted by Crippen LogP contribution is -2.48. The van der Waals surface area contributed by atoms with Gasteiger partial charge in [-0.05, 0) is 24.6 Å². The van der Waals surface area contributed by atoms with Crippen LogP contribution in [0.5, 0.6) is 11.5 Å². The molecule has 0 saturated carbocycles. The van der Waals surface area contributed by atoms with E-state index in [0.29, 0.717) is 12.3 Å². The van der Waals surface area contributed by atoms with Crippen molar-refractivity contribution in [1.29, 1.82) is 0 Å². The summed E-state index contributed by atoms with van der Waals surface area (Å²) in [5.74, 6) is 2.10. The summed E-state index contributed by atoms with van der Waals surface area (Å²) in [5.41, 5.74) is 2.44. The first-order valence-corrected chi connectivity index (χ1v) is 7.99. The van der Waals surface area contributed by atoms with E-state index in [1.165, 1.54) is 11.1 Å². The minimum Gasteiger partial charge on any atom is -0.493 e. The number of hydrogen-bond acceptors (Lipinski definition) is 4. The van der Waals surface area contributed by atoms with Gasteiger partial charge in [0.2, 0.25) is 0 Å². The number of aliphatic hydroxyl groups is 1. The van der Waals surface area contributed by atoms with Crippen LogP contribution in [-0.2, 0) is 12.0 Å². The molecule has 0 fully saturated rings. The highest BCUT2D eigenvalue weighted by molar-refractivity contribution is 5.61. The fourth-order valence-electron chi connectivity index (χ4n) is 4.59. The Hall–Kier alpha value is -1.52. The average Bonchev–Trinajstić information content (AvgIpc) is 2.77. The van der Waals surface area contributed by atoms with Gasteiger partial charge in [-0.2, -0.15) is 0 Å². The molecular weight excluding hydrogens is 278 g/mol. The molecule has 118 valence electrons. The van der Waals surface area contributed by atoms with Gasteiger partial charge in [0.05, 0.1) is 18.6 Å². The summed E-state index contributed by atoms with van der Waals surface area (Å²) in [6, 6.07) is 4.17. The highest BCUT2D eigenvalue weighted by Gasteiger charge is 2.55. The van der Waals surface area contributed by atoms with Gasteiger partial charge in [-0.25, -0.2) is 0 Å². The molecule has 22 heavy (non-hydrogen) atoms. The van der Waals surface area contributed by atoms with Gasteiger partial charge in [-0.15, -0.1) is 0 Å². The van der Waals surface area contributed by atoms with Gasteiger partial charge in [0, 0.05) is 25.1 Å². The third kappa shape index (κ3) is 1.71. The lowest BCUT2D eigenvalue weighted by atomic mass is 9.64. The van der Waals surface area contributed by atoms with Crippen LogP contribution in [0.1, 0.15) is 24.5 Å². The fourth-order valence-corrected chi connectivity index (χ4v) is 4.59. The summed E-state index contributed by atoms with van der Waals surface area (Å²) in [7, 11) is 3.86. The number of hydrogen-bond donors (Lipinski definition) is 1. The molecule has 0 aromatic heterocycles. The predicted molar refractivity (Wildman–Crippen MR) is 84.3 cm³/mol. The summed E-state index contributed by atoms with van der Waals surface area (Å²) >= 11 is 0. The van der Waals surface area contributed by atoms with Crippen LogP contribution >= 0.6 is 0 Å². The zero-order chi connectivity index (χ0) is 15.5. The fraction of sp³-hybridized carbons (Fsp3) is 0.556. The summed E-state index contributed by atoms with van der Waals surface area (Å²) in [6.07, 6.45) is 4.35. The van der Waals surface area contributed by atoms with Crippen LogP contribution in [0.4, 0.5) is 0 Å². The Kier molecular flexibility index (Phi) is 3.03. The second-order valence-electron chi connectivity index (χ2n) is 6.93. The molecule has 4 rings (SSSR count). The molecule has 4 heteroatoms. The molecule has 0 amide bonds. The zero-order valence-electron chi connectivity index (χ0n) is 13.4. The number of rotatable bonds is 1. The molecule has 1 aromatic carbocycles. The number of benzene rings is 1. The van der Waals surface area contributed by atoms with Crippen LogP contribution < -0.4 is 9.47 Å². The maximum absolute atomic E-state index is 10.1. The molecule has 1 aromatic rings. The Morgan fingerprint density at radius 3 is 3.00 bits per heavy atom. The van der Waals surface area contributed by atoms with Crippen molar-refractivity contribution >= 4 is 0 Å². The van der Waals surface area contributed by atoms with Gasteiger partial charge in [-0.1, -0.05) is 25.1 Å². The molecule has 4 atom stereocenters. The van der Waals surface area contributed by atoms with Crippen molar-refractivity contribution in [1.82, 2.24) is 4.90 Å². The Morgan fingerprint density at radius 2 is 2.23 bits per heavy atom. The lowest BCUT2D eigenvalue weighted by molar-refractivity contribution is 0.0624. The standard InChI is InChI=1S/C18H23NO3/c1-11-9-19(2)10-12-4-5-14(21-3)17-16(12)18(11)7-6-13(20)8-15(18)22-17/h4-7,11,13,15,20H,8-10H2,1-3H3/t11?,13-,15-,18-/m0/s1. The first kappa shape index (κ1) is 14.1. The van der Waals surface area contributed by atoms with E-state index >= 15 is 0 Å². The number of ether oxygens (including phenoxy) is 2. The molecule has 1 unspecified atom stereocenters. The maximum Gasteiger partial charge on any atom is 0.166 e. The Labute approximate surface area is 131 Å². The highest BCUT2D eigenvalue weighted by Crippen LogP contribution is 2.57. The lowest BCUT2D eigenvalue weighted by Gasteiger charge is -2.40. The quantitative estimate of drug-likeness (QED) is 0.807. The zero-order valence-corrected chi connectivity index (χ0v) is 13.4. The van der Waals surface area contributed by atoms with Crippen LogP contribution in [-0.4, -0.2) is 42.9 Å². The smallest absolute Gasteiger partial charge is 0.166 e. The molecule has 4 nitrogen and oxygen atoms in total. The first-order valence-electron chi connectivity index (χ1n) is 7.99. The summed E-state index contributed by atoms with van der Waals surface area (Å²) < 4.78 is 11.9. The van der Waals surface area contributed by atoms with E-state index in [4.69, 9.17) is 9.47 Å². The molecule has 3 aliphatic rings. The highest BCUT2D eigenvalue weighted by atomic mass is 16.5. The van der Waals surface area contributed by atoms with Crippen LogP contribution in [0.25, 0.3) is 0 Å². The van der Waals surface area contributed by atoms with Crippen molar-refractivity contribution in [2.45, 2.75) is 37.5 Å². The van der Waals surface area contributed by atoms with Crippen LogP contribution in [0.2, 0.25) is 0 Å². The van der Waals surface area contributed by atoms with E-state index in [1.54, 1.807) is 7.11 Å². The summed E-state index contributed by atoms with van der Waals surface area (Å²) in [6.45, 7) is 4.22. The molecule has 1 aliphatic carbocycles. The van der Waals surface area contributed by atoms with Gasteiger partial charge in [0.1, 0.15) is 6.10 Å². The molecule has 0 saturated heterocycles. The van der Waals surface area contributed by atoms with Gasteiger partial charge in [0.25, 0.3) is 0 Å². The van der Waals surface area contributed by atoms with Gasteiger partial charge in [-0.3, -0.25) is 0 Å². The largest absolute Gasteiger partial charge is 0.493 e. The molecule has 0 bridgehead atoms. The Balaban J connectivity index is 1.99. The van der Waals surface area contributed by atoms with Gasteiger partial charge in [0.15, 0.2) is 11.5 Å². The molecule has 2 heterocycles. The van der Waals surface area contributed by atoms with Crippen molar-refractivity contribution in [2.24, 2.45) is 5.92 Å². The molecule has 1 spiro atoms. The van der Waals surface area contributed by atoms with E-state index < -0.39 is 6.10 Å². The van der Waals surface area contributed by atoms with Crippen LogP contribution in [0.15, 0.2) is 24.3 Å². The summed E-state index contributed by atoms with van der Waals surface area (Å²) in [4.78, 5) is 2.37. The first-order chi connectivity index (χ1) is 10.6. The Morgan fingerprint density at radius 1 is 1.41 bits per heavy atom. The minimum atomic E-state index is -0.424. The Bertz CT molecular complexity index is 641. The normalized spacial score (nSPS) is 36.3. The molecule has 0 radical (unpaired) electrons. The third-order valence-electron chi connectivity index (χ3n) is 5.54.